The predicted octanol–water partition coefficient (Wildman–Crippen LogP) is 0.419. The third-order valence-electron chi connectivity index (χ3n) is 3.50. The molecular formula is C14H26N2O3. The Morgan fingerprint density at radius 3 is 2.37 bits per heavy atom. The van der Waals surface area contributed by atoms with E-state index in [1.165, 1.54) is 6.92 Å². The number of amides is 1. The van der Waals surface area contributed by atoms with E-state index in [4.69, 9.17) is 0 Å². The van der Waals surface area contributed by atoms with Crippen LogP contribution < -0.4 is 5.32 Å². The fraction of sp³-hybridized carbons (Fsp3) is 0.857. The highest BCUT2D eigenvalue weighted by Gasteiger charge is 2.30. The monoisotopic (exact) mass is 270 g/mol. The second-order valence-electron chi connectivity index (χ2n) is 6.00. The molecule has 110 valence electrons. The maximum atomic E-state index is 11.9. The summed E-state index contributed by atoms with van der Waals surface area (Å²) >= 11 is 0. The van der Waals surface area contributed by atoms with Crippen LogP contribution in [0.4, 0.5) is 0 Å². The van der Waals surface area contributed by atoms with E-state index in [0.717, 1.165) is 12.8 Å². The van der Waals surface area contributed by atoms with Gasteiger partial charge in [0, 0.05) is 6.54 Å². The fourth-order valence-corrected chi connectivity index (χ4v) is 2.22. The van der Waals surface area contributed by atoms with E-state index in [1.54, 1.807) is 4.90 Å². The number of aliphatic hydroxyl groups excluding tert-OH is 1. The largest absolute Gasteiger partial charge is 0.392 e. The van der Waals surface area contributed by atoms with E-state index in [0.29, 0.717) is 12.5 Å². The summed E-state index contributed by atoms with van der Waals surface area (Å²) in [5.74, 6) is 0.304. The zero-order valence-corrected chi connectivity index (χ0v) is 12.3. The molecule has 1 fully saturated rings. The molecular weight excluding hydrogens is 244 g/mol. The summed E-state index contributed by atoms with van der Waals surface area (Å²) in [4.78, 5) is 25.1. The lowest BCUT2D eigenvalue weighted by Crippen LogP contribution is -2.47. The second-order valence-corrected chi connectivity index (χ2v) is 6.00. The number of hydrogen-bond donors (Lipinski definition) is 2. The average molecular weight is 270 g/mol. The summed E-state index contributed by atoms with van der Waals surface area (Å²) in [6.07, 6.45) is 1.83. The van der Waals surface area contributed by atoms with E-state index in [2.05, 4.69) is 5.32 Å². The van der Waals surface area contributed by atoms with Crippen LogP contribution in [0.3, 0.4) is 0 Å². The summed E-state index contributed by atoms with van der Waals surface area (Å²) in [5, 5.41) is 12.6. The first-order valence-electron chi connectivity index (χ1n) is 6.97. The van der Waals surface area contributed by atoms with Gasteiger partial charge >= 0.3 is 0 Å². The summed E-state index contributed by atoms with van der Waals surface area (Å²) < 4.78 is 0. The summed E-state index contributed by atoms with van der Waals surface area (Å²) in [6, 6.07) is -0.422. The number of ketones is 1. The van der Waals surface area contributed by atoms with Gasteiger partial charge in [0.1, 0.15) is 0 Å². The van der Waals surface area contributed by atoms with Gasteiger partial charge in [-0.15, -0.1) is 0 Å². The number of Topliss-reactive ketones (excluding diaryl/α,β-unsaturated/α-hetero) is 1. The number of carbonyl (C=O) groups is 2. The van der Waals surface area contributed by atoms with Crippen LogP contribution >= 0.6 is 0 Å². The smallest absolute Gasteiger partial charge is 0.234 e. The van der Waals surface area contributed by atoms with Crippen molar-refractivity contribution in [3.63, 3.8) is 0 Å². The van der Waals surface area contributed by atoms with Gasteiger partial charge in [0.25, 0.3) is 0 Å². The minimum Gasteiger partial charge on any atom is -0.392 e. The molecule has 1 aliphatic carbocycles. The molecule has 2 atom stereocenters. The van der Waals surface area contributed by atoms with Crippen LogP contribution in [0, 0.1) is 11.8 Å². The number of carbonyl (C=O) groups excluding carboxylic acids is 2. The Hall–Kier alpha value is -0.940. The van der Waals surface area contributed by atoms with Crippen molar-refractivity contribution in [2.24, 2.45) is 11.8 Å². The van der Waals surface area contributed by atoms with Crippen molar-refractivity contribution in [3.8, 4) is 0 Å². The molecule has 0 aromatic rings. The maximum Gasteiger partial charge on any atom is 0.234 e. The second kappa shape index (κ2) is 7.01. The maximum absolute atomic E-state index is 11.9. The van der Waals surface area contributed by atoms with Crippen molar-refractivity contribution in [1.29, 1.82) is 0 Å². The first-order valence-corrected chi connectivity index (χ1v) is 6.97. The first-order chi connectivity index (χ1) is 8.81. The lowest BCUT2D eigenvalue weighted by Gasteiger charge is -2.23. The van der Waals surface area contributed by atoms with Gasteiger partial charge in [-0.3, -0.25) is 14.5 Å². The Morgan fingerprint density at radius 1 is 1.37 bits per heavy atom. The van der Waals surface area contributed by atoms with E-state index >= 15 is 0 Å². The molecule has 0 radical (unpaired) electrons. The third-order valence-corrected chi connectivity index (χ3v) is 3.50. The fourth-order valence-electron chi connectivity index (χ4n) is 2.22. The lowest BCUT2D eigenvalue weighted by atomic mass is 10.0. The number of hydrogen-bond acceptors (Lipinski definition) is 4. The van der Waals surface area contributed by atoms with E-state index in [9.17, 15) is 14.7 Å². The predicted molar refractivity (Wildman–Crippen MR) is 73.7 cm³/mol. The molecule has 0 spiro atoms. The van der Waals surface area contributed by atoms with Crippen LogP contribution in [0.25, 0.3) is 0 Å². The summed E-state index contributed by atoms with van der Waals surface area (Å²) in [6.45, 7) is 6.02. The molecule has 19 heavy (non-hydrogen) atoms. The number of nitrogens with zero attached hydrogens (tertiary/aromatic N) is 1. The zero-order valence-electron chi connectivity index (χ0n) is 12.3. The summed E-state index contributed by atoms with van der Waals surface area (Å²) in [5.41, 5.74) is 0. The quantitative estimate of drug-likeness (QED) is 0.670. The lowest BCUT2D eigenvalue weighted by molar-refractivity contribution is -0.128. The Balaban J connectivity index is 2.34. The molecule has 0 aliphatic heterocycles. The molecule has 0 aromatic heterocycles. The van der Waals surface area contributed by atoms with Gasteiger partial charge < -0.3 is 10.4 Å². The van der Waals surface area contributed by atoms with Crippen LogP contribution in [0.2, 0.25) is 0 Å². The molecule has 5 nitrogen and oxygen atoms in total. The highest BCUT2D eigenvalue weighted by molar-refractivity contribution is 5.88. The van der Waals surface area contributed by atoms with Crippen LogP contribution in [0.15, 0.2) is 0 Å². The minimum atomic E-state index is -0.422. The Morgan fingerprint density at radius 2 is 1.95 bits per heavy atom. The third kappa shape index (κ3) is 5.70. The average Bonchev–Trinajstić information content (AvgIpc) is 3.08. The van der Waals surface area contributed by atoms with Crippen LogP contribution in [-0.2, 0) is 9.59 Å². The molecule has 1 rings (SSSR count). The molecule has 2 N–H and O–H groups in total. The first kappa shape index (κ1) is 16.1. The SMILES string of the molecule is CC(=O)C(NC(=O)CN(C)CC(O)C1CC1)C(C)C. The van der Waals surface area contributed by atoms with Gasteiger partial charge in [0.05, 0.1) is 18.7 Å². The zero-order chi connectivity index (χ0) is 14.6. The van der Waals surface area contributed by atoms with Gasteiger partial charge in [0.2, 0.25) is 5.91 Å². The van der Waals surface area contributed by atoms with Gasteiger partial charge in [-0.05, 0) is 38.6 Å². The van der Waals surface area contributed by atoms with Crippen LogP contribution in [0.1, 0.15) is 33.6 Å². The molecule has 0 bridgehead atoms. The Labute approximate surface area is 115 Å². The molecule has 1 saturated carbocycles. The normalized spacial score (nSPS) is 18.5. The van der Waals surface area contributed by atoms with Gasteiger partial charge in [-0.1, -0.05) is 13.8 Å². The highest BCUT2D eigenvalue weighted by Crippen LogP contribution is 2.32. The highest BCUT2D eigenvalue weighted by atomic mass is 16.3. The standard InChI is InChI=1S/C14H26N2O3/c1-9(2)14(10(3)17)15-13(19)8-16(4)7-12(18)11-5-6-11/h9,11-12,14,18H,5-8H2,1-4H3,(H,15,19). The van der Waals surface area contributed by atoms with Crippen molar-refractivity contribution in [1.82, 2.24) is 10.2 Å². The minimum absolute atomic E-state index is 0.0241. The van der Waals surface area contributed by atoms with Crippen molar-refractivity contribution < 1.29 is 14.7 Å². The van der Waals surface area contributed by atoms with Crippen molar-refractivity contribution in [3.05, 3.63) is 0 Å². The van der Waals surface area contributed by atoms with Gasteiger partial charge in [0.15, 0.2) is 5.78 Å². The molecule has 1 amide bonds. The summed E-state index contributed by atoms with van der Waals surface area (Å²) in [7, 11) is 1.81. The Bertz CT molecular complexity index is 327. The topological polar surface area (TPSA) is 69.6 Å². The number of aliphatic hydroxyl groups is 1. The van der Waals surface area contributed by atoms with Gasteiger partial charge in [-0.2, -0.15) is 0 Å². The molecule has 0 aromatic carbocycles. The molecule has 2 unspecified atom stereocenters. The number of nitrogens with one attached hydrogen (secondary N) is 1. The van der Waals surface area contributed by atoms with E-state index in [-0.39, 0.29) is 30.3 Å². The van der Waals surface area contributed by atoms with Crippen molar-refractivity contribution in [2.45, 2.75) is 45.8 Å². The van der Waals surface area contributed by atoms with E-state index in [1.807, 2.05) is 20.9 Å². The van der Waals surface area contributed by atoms with Crippen LogP contribution in [-0.4, -0.2) is 54.0 Å². The van der Waals surface area contributed by atoms with Crippen LogP contribution in [0.5, 0.6) is 0 Å². The molecule has 0 heterocycles. The molecule has 5 heteroatoms. The Kier molecular flexibility index (Phi) is 5.94. The van der Waals surface area contributed by atoms with E-state index < -0.39 is 6.04 Å². The number of likely N-dealkylation sites (N-methyl/N-ethyl adjacent to an activating group) is 1. The van der Waals surface area contributed by atoms with Gasteiger partial charge in [-0.25, -0.2) is 0 Å². The van der Waals surface area contributed by atoms with Crippen molar-refractivity contribution >= 4 is 11.7 Å². The molecule has 0 saturated heterocycles. The van der Waals surface area contributed by atoms with Crippen molar-refractivity contribution in [2.75, 3.05) is 20.1 Å². The number of rotatable bonds is 8. The molecule has 1 aliphatic rings.